The lowest BCUT2D eigenvalue weighted by Gasteiger charge is -2.40. The zero-order valence-electron chi connectivity index (χ0n) is 50.0. The van der Waals surface area contributed by atoms with Crippen LogP contribution in [0.5, 0.6) is 0 Å². The predicted octanol–water partition coefficient (Wildman–Crippen LogP) is -6.86. The molecule has 3 heterocycles. The molecule has 0 aliphatic carbocycles. The van der Waals surface area contributed by atoms with Crippen LogP contribution in [0.25, 0.3) is 0 Å². The van der Waals surface area contributed by atoms with Crippen LogP contribution in [0, 0.1) is 5.41 Å². The molecule has 3 aliphatic heterocycles. The molecule has 0 bridgehead atoms. The standard InChI is InChI=1S/C54H101N9O24/c1-54(32-84-53(78)63-21-10-20-60-38(69)13-4-7-24-83-52-43(57)49(77)46(74)35(29-66)87-52,30-79-25-14-39(70)61-18-8-16-58-36(67)11-2-5-22-81-50-41(55)47(75)44(72)33(27-64)85-50)31-80-26-15-40(71)62-19-9-17-59-37(68)12-3-6-23-82-51-42(56)48(76)45(73)34(28-65)86-51/h33-35,41-52,64-66,72-77H,2-32,55-57H2,1H3,(H,58,67)(H,59,68)(H,60,69)(H,61,70)(H,62,71)(H,63,78). The Morgan fingerprint density at radius 3 is 0.977 bits per heavy atom. The number of carbonyl (C=O) groups is 6. The number of ether oxygens (including phenoxy) is 9. The number of aliphatic hydroxyl groups is 9. The second kappa shape index (κ2) is 43.5. The Morgan fingerprint density at radius 2 is 0.678 bits per heavy atom. The average Bonchev–Trinajstić information content (AvgIpc) is 2.98. The number of nitrogens with one attached hydrogen (secondary N) is 6. The quantitative estimate of drug-likeness (QED) is 0.0252. The fourth-order valence-corrected chi connectivity index (χ4v) is 8.94. The van der Waals surface area contributed by atoms with Crippen LogP contribution >= 0.6 is 0 Å². The number of hydrogen-bond acceptors (Lipinski definition) is 27. The number of amides is 6. The van der Waals surface area contributed by atoms with Crippen molar-refractivity contribution in [1.29, 1.82) is 0 Å². The van der Waals surface area contributed by atoms with Crippen molar-refractivity contribution in [3.63, 3.8) is 0 Å². The van der Waals surface area contributed by atoms with Gasteiger partial charge in [0.1, 0.15) is 61.5 Å². The molecule has 0 saturated carbocycles. The topological polar surface area (TPSA) is 518 Å². The lowest BCUT2D eigenvalue weighted by Crippen LogP contribution is -2.62. The molecule has 3 fully saturated rings. The summed E-state index contributed by atoms with van der Waals surface area (Å²) in [4.78, 5) is 75.0. The van der Waals surface area contributed by atoms with Crippen LogP contribution < -0.4 is 49.1 Å². The number of aliphatic hydroxyl groups excluding tert-OH is 9. The number of carbonyl (C=O) groups excluding carboxylic acids is 6. The average molecular weight is 1260 g/mol. The number of alkyl carbamates (subject to hydrolysis) is 1. The summed E-state index contributed by atoms with van der Waals surface area (Å²) >= 11 is 0. The molecule has 0 aromatic heterocycles. The predicted molar refractivity (Wildman–Crippen MR) is 304 cm³/mol. The highest BCUT2D eigenvalue weighted by Gasteiger charge is 2.45. The summed E-state index contributed by atoms with van der Waals surface area (Å²) in [5.74, 6) is -1.19. The van der Waals surface area contributed by atoms with Gasteiger partial charge in [0.05, 0.1) is 64.4 Å². The van der Waals surface area contributed by atoms with Crippen LogP contribution in [0.1, 0.15) is 96.8 Å². The van der Waals surface area contributed by atoms with E-state index in [1.54, 1.807) is 6.92 Å². The van der Waals surface area contributed by atoms with E-state index in [1.165, 1.54) is 0 Å². The van der Waals surface area contributed by atoms with E-state index >= 15 is 0 Å². The summed E-state index contributed by atoms with van der Waals surface area (Å²) in [7, 11) is 0. The van der Waals surface area contributed by atoms with Gasteiger partial charge >= 0.3 is 6.09 Å². The highest BCUT2D eigenvalue weighted by molar-refractivity contribution is 5.77. The third kappa shape index (κ3) is 30.0. The Labute approximate surface area is 507 Å². The first-order valence-corrected chi connectivity index (χ1v) is 30.0. The lowest BCUT2D eigenvalue weighted by molar-refractivity contribution is -0.265. The maximum atomic E-state index is 12.7. The Bertz CT molecular complexity index is 1870. The highest BCUT2D eigenvalue weighted by atomic mass is 16.7. The summed E-state index contributed by atoms with van der Waals surface area (Å²) in [6.45, 7) is 2.19. The van der Waals surface area contributed by atoms with Crippen molar-refractivity contribution in [2.75, 3.05) is 112 Å². The van der Waals surface area contributed by atoms with Gasteiger partial charge in [0.2, 0.25) is 29.5 Å². The van der Waals surface area contributed by atoms with Crippen molar-refractivity contribution in [3.8, 4) is 0 Å². The Morgan fingerprint density at radius 1 is 0.391 bits per heavy atom. The zero-order valence-corrected chi connectivity index (χ0v) is 50.0. The molecule has 0 aromatic rings. The number of unbranched alkanes of at least 4 members (excludes halogenated alkanes) is 3. The van der Waals surface area contributed by atoms with Crippen LogP contribution in [0.2, 0.25) is 0 Å². The Kier molecular flexibility index (Phi) is 38.5. The molecule has 15 atom stereocenters. The van der Waals surface area contributed by atoms with Crippen molar-refractivity contribution in [3.05, 3.63) is 0 Å². The van der Waals surface area contributed by atoms with Crippen LogP contribution in [0.3, 0.4) is 0 Å². The van der Waals surface area contributed by atoms with Gasteiger partial charge in [-0.25, -0.2) is 4.79 Å². The van der Waals surface area contributed by atoms with Crippen LogP contribution in [-0.4, -0.2) is 285 Å². The Balaban J connectivity index is 1.31. The molecule has 506 valence electrons. The van der Waals surface area contributed by atoms with E-state index in [1.807, 2.05) is 0 Å². The molecular weight excluding hydrogens is 1160 g/mol. The summed E-state index contributed by atoms with van der Waals surface area (Å²) in [5.41, 5.74) is 16.7. The van der Waals surface area contributed by atoms with E-state index in [2.05, 4.69) is 31.9 Å². The Hall–Kier alpha value is -4.18. The van der Waals surface area contributed by atoms with E-state index < -0.39 is 123 Å². The maximum Gasteiger partial charge on any atom is 0.407 e. The number of nitrogens with two attached hydrogens (primary N) is 3. The first kappa shape index (κ1) is 77.1. The van der Waals surface area contributed by atoms with E-state index in [0.29, 0.717) is 70.9 Å². The van der Waals surface area contributed by atoms with Crippen molar-refractivity contribution in [2.45, 2.75) is 189 Å². The van der Waals surface area contributed by atoms with E-state index in [9.17, 15) is 74.7 Å². The van der Waals surface area contributed by atoms with Gasteiger partial charge in [-0.3, -0.25) is 24.0 Å². The minimum absolute atomic E-state index is 0.000951. The van der Waals surface area contributed by atoms with Crippen molar-refractivity contribution >= 4 is 35.6 Å². The molecular formula is C54H101N9O24. The summed E-state index contributed by atoms with van der Waals surface area (Å²) in [5, 5.41) is 105. The third-order valence-electron chi connectivity index (χ3n) is 14.4. The van der Waals surface area contributed by atoms with Crippen LogP contribution in [0.4, 0.5) is 4.79 Å². The fraction of sp³-hybridized carbons (Fsp3) is 0.889. The van der Waals surface area contributed by atoms with Gasteiger partial charge < -0.3 is 138 Å². The molecule has 6 amide bonds. The van der Waals surface area contributed by atoms with E-state index in [0.717, 1.165) is 0 Å². The first-order valence-electron chi connectivity index (χ1n) is 30.0. The summed E-state index contributed by atoms with van der Waals surface area (Å²) < 4.78 is 50.2. The molecule has 3 aliphatic rings. The molecule has 33 heteroatoms. The lowest BCUT2D eigenvalue weighted by atomic mass is 9.94. The van der Waals surface area contributed by atoms with Crippen molar-refractivity contribution < 1.29 is 117 Å². The van der Waals surface area contributed by atoms with Gasteiger partial charge in [-0.1, -0.05) is 6.92 Å². The largest absolute Gasteiger partial charge is 0.449 e. The molecule has 15 unspecified atom stereocenters. The van der Waals surface area contributed by atoms with Gasteiger partial charge in [-0.15, -0.1) is 0 Å². The molecule has 21 N–H and O–H groups in total. The maximum absolute atomic E-state index is 12.7. The van der Waals surface area contributed by atoms with Gasteiger partial charge in [0, 0.05) is 96.6 Å². The minimum Gasteiger partial charge on any atom is -0.449 e. The van der Waals surface area contributed by atoms with Gasteiger partial charge in [0.15, 0.2) is 18.9 Å². The molecule has 0 radical (unpaired) electrons. The van der Waals surface area contributed by atoms with E-state index in [4.69, 9.17) is 59.8 Å². The number of rotatable bonds is 45. The van der Waals surface area contributed by atoms with Crippen LogP contribution in [-0.2, 0) is 66.6 Å². The third-order valence-corrected chi connectivity index (χ3v) is 14.4. The molecule has 33 nitrogen and oxygen atoms in total. The molecule has 3 saturated heterocycles. The normalized spacial score (nSPS) is 28.0. The van der Waals surface area contributed by atoms with E-state index in [-0.39, 0.29) is 141 Å². The van der Waals surface area contributed by atoms with Crippen LogP contribution in [0.15, 0.2) is 0 Å². The number of hydrogen-bond donors (Lipinski definition) is 18. The fourth-order valence-electron chi connectivity index (χ4n) is 8.94. The van der Waals surface area contributed by atoms with Crippen molar-refractivity contribution in [1.82, 2.24) is 31.9 Å². The monoisotopic (exact) mass is 1260 g/mol. The minimum atomic E-state index is -1.35. The van der Waals surface area contributed by atoms with Crippen molar-refractivity contribution in [2.24, 2.45) is 22.6 Å². The SMILES string of the molecule is CC(COCCC(=O)NCCCNC(=O)CCCCOC1OC(CO)C(O)C(O)C1N)(COCCC(=O)NCCCNC(=O)CCCCOC1OC(CO)C(O)C(O)C1N)COC(=O)NCCCNC(=O)CCCCOC1OC(CO)C(O)C(O)C1N. The summed E-state index contributed by atoms with van der Waals surface area (Å²) in [6, 6.07) is -3.04. The van der Waals surface area contributed by atoms with Gasteiger partial charge in [-0.05, 0) is 57.8 Å². The van der Waals surface area contributed by atoms with Gasteiger partial charge in [-0.2, -0.15) is 0 Å². The molecule has 3 rings (SSSR count). The first-order chi connectivity index (χ1) is 41.6. The molecule has 0 spiro atoms. The second-order valence-electron chi connectivity index (χ2n) is 22.1. The highest BCUT2D eigenvalue weighted by Crippen LogP contribution is 2.24. The van der Waals surface area contributed by atoms with Gasteiger partial charge in [0.25, 0.3) is 0 Å². The molecule has 87 heavy (non-hydrogen) atoms. The molecule has 0 aromatic carbocycles. The second-order valence-corrected chi connectivity index (χ2v) is 22.1. The zero-order chi connectivity index (χ0) is 64.2. The summed E-state index contributed by atoms with van der Waals surface area (Å²) in [6.07, 6.45) is -10.1. The smallest absolute Gasteiger partial charge is 0.407 e.